The third kappa shape index (κ3) is 2.19. The third-order valence-electron chi connectivity index (χ3n) is 4.34. The predicted octanol–water partition coefficient (Wildman–Crippen LogP) is 1.07. The molecule has 3 aliphatic rings. The molecular weight excluding hydrogens is 186 g/mol. The van der Waals surface area contributed by atoms with Crippen molar-refractivity contribution in [3.05, 3.63) is 0 Å². The minimum absolute atomic E-state index is 0.779. The maximum Gasteiger partial charge on any atom is 0.0268 e. The number of rotatable bonds is 2. The number of hydrazine groups is 1. The number of nitrogens with zero attached hydrogens (tertiary/aromatic N) is 2. The molecule has 1 N–H and O–H groups in total. The fourth-order valence-corrected chi connectivity index (χ4v) is 3.38. The van der Waals surface area contributed by atoms with E-state index in [0.717, 1.165) is 12.0 Å². The molecule has 3 atom stereocenters. The van der Waals surface area contributed by atoms with Gasteiger partial charge in [-0.1, -0.05) is 6.42 Å². The summed E-state index contributed by atoms with van der Waals surface area (Å²) in [6.07, 6.45) is 6.99. The lowest BCUT2D eigenvalue weighted by Crippen LogP contribution is -2.52. The van der Waals surface area contributed by atoms with Crippen LogP contribution >= 0.6 is 0 Å². The monoisotopic (exact) mass is 209 g/mol. The smallest absolute Gasteiger partial charge is 0.0268 e. The first-order chi connectivity index (χ1) is 7.42. The number of nitrogens with one attached hydrogen (secondary N) is 1. The van der Waals surface area contributed by atoms with Crippen LogP contribution in [0.2, 0.25) is 0 Å². The van der Waals surface area contributed by atoms with Crippen molar-refractivity contribution in [2.75, 3.05) is 32.7 Å². The minimum atomic E-state index is 0.779. The van der Waals surface area contributed by atoms with E-state index in [1.807, 2.05) is 0 Å². The summed E-state index contributed by atoms with van der Waals surface area (Å²) in [6.45, 7) is 6.57. The van der Waals surface area contributed by atoms with Gasteiger partial charge in [-0.2, -0.15) is 0 Å². The minimum Gasteiger partial charge on any atom is -0.303 e. The Morgan fingerprint density at radius 3 is 2.53 bits per heavy atom. The molecular formula is C12H23N3. The van der Waals surface area contributed by atoms with Gasteiger partial charge in [-0.05, 0) is 44.7 Å². The van der Waals surface area contributed by atoms with E-state index < -0.39 is 0 Å². The molecule has 0 radical (unpaired) electrons. The topological polar surface area (TPSA) is 18.5 Å². The van der Waals surface area contributed by atoms with Crippen LogP contribution in [0.4, 0.5) is 0 Å². The van der Waals surface area contributed by atoms with E-state index in [-0.39, 0.29) is 0 Å². The van der Waals surface area contributed by atoms with E-state index in [9.17, 15) is 0 Å². The summed E-state index contributed by atoms with van der Waals surface area (Å²) in [5, 5.41) is 2.49. The molecule has 0 aliphatic carbocycles. The molecule has 3 aliphatic heterocycles. The molecule has 0 aromatic heterocycles. The Morgan fingerprint density at radius 1 is 0.867 bits per heavy atom. The van der Waals surface area contributed by atoms with E-state index in [0.29, 0.717) is 0 Å². The summed E-state index contributed by atoms with van der Waals surface area (Å²) in [6, 6.07) is 0.779. The molecule has 3 saturated heterocycles. The van der Waals surface area contributed by atoms with Crippen LogP contribution in [0.25, 0.3) is 0 Å². The summed E-state index contributed by atoms with van der Waals surface area (Å²) in [5.74, 6) is 0.931. The lowest BCUT2D eigenvalue weighted by molar-refractivity contribution is 0.0879. The number of hydrogen-bond donors (Lipinski definition) is 1. The van der Waals surface area contributed by atoms with Crippen LogP contribution in [0, 0.1) is 5.92 Å². The molecule has 3 rings (SSSR count). The van der Waals surface area contributed by atoms with Crippen LogP contribution in [-0.4, -0.2) is 48.7 Å². The molecule has 3 unspecified atom stereocenters. The van der Waals surface area contributed by atoms with E-state index in [2.05, 4.69) is 15.3 Å². The lowest BCUT2D eigenvalue weighted by atomic mass is 9.95. The van der Waals surface area contributed by atoms with Crippen molar-refractivity contribution in [1.82, 2.24) is 15.3 Å². The zero-order valence-electron chi connectivity index (χ0n) is 9.62. The molecule has 86 valence electrons. The van der Waals surface area contributed by atoms with Crippen molar-refractivity contribution in [3.63, 3.8) is 0 Å². The van der Waals surface area contributed by atoms with Crippen LogP contribution in [0.15, 0.2) is 0 Å². The van der Waals surface area contributed by atoms with Crippen molar-refractivity contribution in [1.29, 1.82) is 0 Å². The highest BCUT2D eigenvalue weighted by Crippen LogP contribution is 2.27. The summed E-state index contributed by atoms with van der Waals surface area (Å²) in [7, 11) is 0. The van der Waals surface area contributed by atoms with Crippen molar-refractivity contribution in [2.24, 2.45) is 5.92 Å². The second-order valence-corrected chi connectivity index (χ2v) is 5.42. The molecule has 15 heavy (non-hydrogen) atoms. The lowest BCUT2D eigenvalue weighted by Gasteiger charge is -2.37. The summed E-state index contributed by atoms with van der Waals surface area (Å²) in [4.78, 5) is 2.62. The van der Waals surface area contributed by atoms with Gasteiger partial charge in [-0.25, -0.2) is 5.01 Å². The molecule has 0 aromatic carbocycles. The number of fused-ring (bicyclic) bond motifs is 2. The Morgan fingerprint density at radius 2 is 1.67 bits per heavy atom. The largest absolute Gasteiger partial charge is 0.303 e. The van der Waals surface area contributed by atoms with Gasteiger partial charge >= 0.3 is 0 Å². The van der Waals surface area contributed by atoms with Crippen molar-refractivity contribution in [2.45, 2.75) is 38.1 Å². The molecule has 2 bridgehead atoms. The molecule has 0 aromatic rings. The molecule has 3 fully saturated rings. The Balaban J connectivity index is 1.53. The van der Waals surface area contributed by atoms with Crippen molar-refractivity contribution in [3.8, 4) is 0 Å². The van der Waals surface area contributed by atoms with Crippen LogP contribution in [-0.2, 0) is 0 Å². The first-order valence-electron chi connectivity index (χ1n) is 6.65. The van der Waals surface area contributed by atoms with E-state index in [4.69, 9.17) is 0 Å². The van der Waals surface area contributed by atoms with Crippen LogP contribution in [0.1, 0.15) is 32.1 Å². The number of piperidine rings is 2. The number of hydrogen-bond acceptors (Lipinski definition) is 3. The van der Waals surface area contributed by atoms with E-state index in [1.165, 1.54) is 64.8 Å². The Hall–Kier alpha value is -0.120. The van der Waals surface area contributed by atoms with Gasteiger partial charge in [0.25, 0.3) is 0 Å². The van der Waals surface area contributed by atoms with Gasteiger partial charge in [-0.3, -0.25) is 5.43 Å². The van der Waals surface area contributed by atoms with E-state index >= 15 is 0 Å². The SMILES string of the molecule is C1CCN(NC2CCN3CCC2C3)CC1. The van der Waals surface area contributed by atoms with Crippen LogP contribution < -0.4 is 5.43 Å². The van der Waals surface area contributed by atoms with Crippen molar-refractivity contribution >= 4 is 0 Å². The Bertz CT molecular complexity index is 213. The fraction of sp³-hybridized carbons (Fsp3) is 1.00. The molecule has 3 heteroatoms. The van der Waals surface area contributed by atoms with Gasteiger partial charge < -0.3 is 4.90 Å². The highest BCUT2D eigenvalue weighted by Gasteiger charge is 2.34. The first-order valence-corrected chi connectivity index (χ1v) is 6.65. The van der Waals surface area contributed by atoms with Gasteiger partial charge in [0.05, 0.1) is 0 Å². The zero-order chi connectivity index (χ0) is 10.1. The first kappa shape index (κ1) is 10.1. The highest BCUT2D eigenvalue weighted by atomic mass is 15.5. The van der Waals surface area contributed by atoms with E-state index in [1.54, 1.807) is 0 Å². The zero-order valence-corrected chi connectivity index (χ0v) is 9.62. The average Bonchev–Trinajstić information content (AvgIpc) is 2.67. The van der Waals surface area contributed by atoms with Gasteiger partial charge in [0.1, 0.15) is 0 Å². The third-order valence-corrected chi connectivity index (χ3v) is 4.34. The molecule has 3 heterocycles. The molecule has 3 nitrogen and oxygen atoms in total. The maximum absolute atomic E-state index is 3.79. The van der Waals surface area contributed by atoms with Gasteiger partial charge in [0.2, 0.25) is 0 Å². The van der Waals surface area contributed by atoms with Crippen LogP contribution in [0.3, 0.4) is 0 Å². The van der Waals surface area contributed by atoms with Crippen molar-refractivity contribution < 1.29 is 0 Å². The standard InChI is InChI=1S/C12H23N3/c1-2-6-15(7-3-1)13-12-5-9-14-8-4-11(12)10-14/h11-13H,1-10H2. The van der Waals surface area contributed by atoms with Gasteiger partial charge in [0.15, 0.2) is 0 Å². The normalized spacial score (nSPS) is 42.0. The Kier molecular flexibility index (Phi) is 2.95. The predicted molar refractivity (Wildman–Crippen MR) is 61.5 cm³/mol. The second-order valence-electron chi connectivity index (χ2n) is 5.42. The average molecular weight is 209 g/mol. The summed E-state index contributed by atoms with van der Waals surface area (Å²) < 4.78 is 0. The second kappa shape index (κ2) is 4.40. The molecule has 0 amide bonds. The fourth-order valence-electron chi connectivity index (χ4n) is 3.38. The maximum atomic E-state index is 3.79. The highest BCUT2D eigenvalue weighted by molar-refractivity contribution is 4.90. The summed E-state index contributed by atoms with van der Waals surface area (Å²) >= 11 is 0. The summed E-state index contributed by atoms with van der Waals surface area (Å²) in [5.41, 5.74) is 3.79. The Labute approximate surface area is 92.8 Å². The van der Waals surface area contributed by atoms with Crippen LogP contribution in [0.5, 0.6) is 0 Å². The molecule has 0 spiro atoms. The quantitative estimate of drug-likeness (QED) is 0.734. The van der Waals surface area contributed by atoms with Gasteiger partial charge in [-0.15, -0.1) is 0 Å². The van der Waals surface area contributed by atoms with Gasteiger partial charge in [0, 0.05) is 25.7 Å². The molecule has 0 saturated carbocycles.